The van der Waals surface area contributed by atoms with Crippen molar-refractivity contribution >= 4 is 5.71 Å². The Balaban J connectivity index is 2.00. The first-order valence-corrected chi connectivity index (χ1v) is 9.04. The molecule has 0 N–H and O–H groups in total. The second-order valence-corrected chi connectivity index (χ2v) is 6.83. The fourth-order valence-electron chi connectivity index (χ4n) is 3.38. The quantitative estimate of drug-likeness (QED) is 0.557. The largest absolute Gasteiger partial charge is 0.306 e. The summed E-state index contributed by atoms with van der Waals surface area (Å²) in [7, 11) is 2.20. The van der Waals surface area contributed by atoms with Crippen molar-refractivity contribution in [2.24, 2.45) is 10.9 Å². The van der Waals surface area contributed by atoms with Gasteiger partial charge in [0, 0.05) is 5.71 Å². The zero-order valence-electron chi connectivity index (χ0n) is 15.4. The second-order valence-electron chi connectivity index (χ2n) is 6.83. The normalized spacial score (nSPS) is 17.5. The van der Waals surface area contributed by atoms with Gasteiger partial charge in [-0.15, -0.1) is 0 Å². The van der Waals surface area contributed by atoms with Gasteiger partial charge in [0.25, 0.3) is 0 Å². The summed E-state index contributed by atoms with van der Waals surface area (Å²) in [6.45, 7) is 14.0. The molecule has 0 aliphatic carbocycles. The molecule has 23 heavy (non-hydrogen) atoms. The van der Waals surface area contributed by atoms with Crippen LogP contribution in [0.5, 0.6) is 0 Å². The predicted molar refractivity (Wildman–Crippen MR) is 102 cm³/mol. The number of benzene rings is 1. The van der Waals surface area contributed by atoms with Gasteiger partial charge in [-0.3, -0.25) is 4.99 Å². The smallest absolute Gasteiger partial charge is 0.0603 e. The number of aryl methyl sites for hydroxylation is 2. The third-order valence-corrected chi connectivity index (χ3v) is 5.20. The zero-order valence-corrected chi connectivity index (χ0v) is 15.4. The number of nitrogens with zero attached hydrogens (tertiary/aromatic N) is 2. The summed E-state index contributed by atoms with van der Waals surface area (Å²) in [6.07, 6.45) is 4.66. The van der Waals surface area contributed by atoms with Crippen molar-refractivity contribution in [3.05, 3.63) is 47.0 Å². The van der Waals surface area contributed by atoms with Crippen molar-refractivity contribution in [2.45, 2.75) is 46.5 Å². The lowest BCUT2D eigenvalue weighted by atomic mass is 9.90. The Morgan fingerprint density at radius 1 is 1.17 bits per heavy atom. The van der Waals surface area contributed by atoms with E-state index in [1.54, 1.807) is 0 Å². The molecule has 0 saturated carbocycles. The maximum absolute atomic E-state index is 4.82. The number of rotatable bonds is 6. The first-order valence-electron chi connectivity index (χ1n) is 9.04. The highest BCUT2D eigenvalue weighted by Gasteiger charge is 2.18. The van der Waals surface area contributed by atoms with Gasteiger partial charge in [0.1, 0.15) is 0 Å². The number of aliphatic imine (C=N–C) groups is 1. The van der Waals surface area contributed by atoms with E-state index in [0.717, 1.165) is 25.1 Å². The van der Waals surface area contributed by atoms with E-state index in [9.17, 15) is 0 Å². The molecule has 0 amide bonds. The minimum atomic E-state index is 0.649. The van der Waals surface area contributed by atoms with Crippen LogP contribution in [0, 0.1) is 5.92 Å². The molecule has 0 atom stereocenters. The number of likely N-dealkylation sites (tertiary alicyclic amines) is 1. The van der Waals surface area contributed by atoms with Crippen LogP contribution in [0.3, 0.4) is 0 Å². The van der Waals surface area contributed by atoms with Crippen molar-refractivity contribution in [2.75, 3.05) is 26.7 Å². The van der Waals surface area contributed by atoms with Crippen molar-refractivity contribution in [3.63, 3.8) is 0 Å². The lowest BCUT2D eigenvalue weighted by molar-refractivity contribution is 0.237. The highest BCUT2D eigenvalue weighted by atomic mass is 15.1. The number of piperidine rings is 1. The molecule has 0 aromatic heterocycles. The van der Waals surface area contributed by atoms with E-state index >= 15 is 0 Å². The fourth-order valence-corrected chi connectivity index (χ4v) is 3.38. The molecule has 2 heteroatoms. The van der Waals surface area contributed by atoms with Crippen molar-refractivity contribution < 1.29 is 0 Å². The molecule has 0 radical (unpaired) electrons. The molecular formula is C21H32N2. The maximum Gasteiger partial charge on any atom is 0.0603 e. The van der Waals surface area contributed by atoms with Crippen LogP contribution >= 0.6 is 0 Å². The predicted octanol–water partition coefficient (Wildman–Crippen LogP) is 4.52. The molecule has 1 saturated heterocycles. The highest BCUT2D eigenvalue weighted by molar-refractivity contribution is 5.99. The standard InChI is InChI=1S/C21H32N2/c1-6-18-8-9-21(14-19(18)7-2)17(4)22-15-16(3)20-10-12-23(5)13-11-20/h8-9,14,20H,3,6-7,10-13,15H2,1-2,4-5H3. The van der Waals surface area contributed by atoms with Crippen LogP contribution in [0.2, 0.25) is 0 Å². The third kappa shape index (κ3) is 4.78. The maximum atomic E-state index is 4.82. The molecule has 1 aliphatic heterocycles. The van der Waals surface area contributed by atoms with E-state index in [0.29, 0.717) is 5.92 Å². The lowest BCUT2D eigenvalue weighted by Crippen LogP contribution is -2.31. The first-order chi connectivity index (χ1) is 11.0. The van der Waals surface area contributed by atoms with Gasteiger partial charge in [-0.05, 0) is 81.4 Å². The number of hydrogen-bond acceptors (Lipinski definition) is 2. The zero-order chi connectivity index (χ0) is 16.8. The van der Waals surface area contributed by atoms with Crippen molar-refractivity contribution in [1.29, 1.82) is 0 Å². The Morgan fingerprint density at radius 3 is 2.43 bits per heavy atom. The van der Waals surface area contributed by atoms with Crippen LogP contribution in [-0.2, 0) is 12.8 Å². The second kappa shape index (κ2) is 8.44. The minimum Gasteiger partial charge on any atom is -0.306 e. The van der Waals surface area contributed by atoms with E-state index in [1.807, 2.05) is 0 Å². The van der Waals surface area contributed by atoms with Gasteiger partial charge in [0.2, 0.25) is 0 Å². The van der Waals surface area contributed by atoms with Gasteiger partial charge in [0.05, 0.1) is 6.54 Å². The molecule has 0 unspecified atom stereocenters. The average molecular weight is 313 g/mol. The fraction of sp³-hybridized carbons (Fsp3) is 0.571. The SMILES string of the molecule is C=C(CN=C(C)c1ccc(CC)c(CC)c1)C1CCN(C)CC1. The molecule has 0 bridgehead atoms. The van der Waals surface area contributed by atoms with E-state index in [4.69, 9.17) is 4.99 Å². The van der Waals surface area contributed by atoms with Gasteiger partial charge in [0.15, 0.2) is 0 Å². The molecule has 0 spiro atoms. The van der Waals surface area contributed by atoms with Gasteiger partial charge < -0.3 is 4.90 Å². The summed E-state index contributed by atoms with van der Waals surface area (Å²) in [6, 6.07) is 6.80. The Bertz CT molecular complexity index is 563. The van der Waals surface area contributed by atoms with Crippen LogP contribution in [0.1, 0.15) is 50.3 Å². The molecule has 2 rings (SSSR count). The molecule has 1 heterocycles. The Morgan fingerprint density at radius 2 is 1.83 bits per heavy atom. The van der Waals surface area contributed by atoms with Gasteiger partial charge in [-0.2, -0.15) is 0 Å². The van der Waals surface area contributed by atoms with Crippen LogP contribution < -0.4 is 0 Å². The van der Waals surface area contributed by atoms with Crippen LogP contribution in [0.25, 0.3) is 0 Å². The summed E-state index contributed by atoms with van der Waals surface area (Å²) in [5.41, 5.74) is 6.61. The van der Waals surface area contributed by atoms with Gasteiger partial charge in [-0.1, -0.05) is 38.1 Å². The molecule has 126 valence electrons. The summed E-state index contributed by atoms with van der Waals surface area (Å²) in [4.78, 5) is 7.23. The van der Waals surface area contributed by atoms with Crippen LogP contribution in [0.15, 0.2) is 35.3 Å². The first kappa shape index (κ1) is 17.9. The summed E-state index contributed by atoms with van der Waals surface area (Å²) in [5, 5.41) is 0. The Kier molecular flexibility index (Phi) is 6.59. The molecule has 1 aromatic carbocycles. The van der Waals surface area contributed by atoms with E-state index in [1.165, 1.54) is 48.2 Å². The summed E-state index contributed by atoms with van der Waals surface area (Å²) in [5.74, 6) is 0.649. The molecular weight excluding hydrogens is 280 g/mol. The van der Waals surface area contributed by atoms with Gasteiger partial charge in [-0.25, -0.2) is 0 Å². The van der Waals surface area contributed by atoms with E-state index in [-0.39, 0.29) is 0 Å². The Hall–Kier alpha value is -1.41. The van der Waals surface area contributed by atoms with Crippen LogP contribution in [-0.4, -0.2) is 37.3 Å². The van der Waals surface area contributed by atoms with E-state index in [2.05, 4.69) is 57.5 Å². The number of hydrogen-bond donors (Lipinski definition) is 0. The summed E-state index contributed by atoms with van der Waals surface area (Å²) < 4.78 is 0. The lowest BCUT2D eigenvalue weighted by Gasteiger charge is -2.29. The monoisotopic (exact) mass is 312 g/mol. The molecule has 2 nitrogen and oxygen atoms in total. The Labute approximate surface area is 142 Å². The van der Waals surface area contributed by atoms with Crippen LogP contribution in [0.4, 0.5) is 0 Å². The van der Waals surface area contributed by atoms with Gasteiger partial charge >= 0.3 is 0 Å². The molecule has 1 aliphatic rings. The average Bonchev–Trinajstić information content (AvgIpc) is 2.59. The van der Waals surface area contributed by atoms with E-state index < -0.39 is 0 Å². The third-order valence-electron chi connectivity index (χ3n) is 5.20. The van der Waals surface area contributed by atoms with Crippen molar-refractivity contribution in [1.82, 2.24) is 4.90 Å². The van der Waals surface area contributed by atoms with Crippen molar-refractivity contribution in [3.8, 4) is 0 Å². The minimum absolute atomic E-state index is 0.649. The summed E-state index contributed by atoms with van der Waals surface area (Å²) >= 11 is 0. The molecule has 1 fully saturated rings. The molecule has 1 aromatic rings. The highest BCUT2D eigenvalue weighted by Crippen LogP contribution is 2.23. The topological polar surface area (TPSA) is 15.6 Å².